The third kappa shape index (κ3) is 3.46. The van der Waals surface area contributed by atoms with Crippen LogP contribution in [0.4, 0.5) is 0 Å². The first kappa shape index (κ1) is 14.3. The third-order valence-corrected chi connectivity index (χ3v) is 3.51. The van der Waals surface area contributed by atoms with E-state index in [0.717, 1.165) is 20.3 Å². The molecule has 6 heteroatoms. The minimum Gasteiger partial charge on any atom is -0.497 e. The molecule has 0 aliphatic rings. The Hall–Kier alpha value is -1.11. The number of hydrogen-bond donors (Lipinski definition) is 1. The lowest BCUT2D eigenvalue weighted by atomic mass is 10.2. The molecule has 0 aliphatic heterocycles. The highest BCUT2D eigenvalue weighted by atomic mass is 79.9. The summed E-state index contributed by atoms with van der Waals surface area (Å²) in [6.45, 7) is 0.357. The summed E-state index contributed by atoms with van der Waals surface area (Å²) in [6, 6.07) is 7.35. The second kappa shape index (κ2) is 6.36. The topological polar surface area (TPSA) is 57.4 Å². The van der Waals surface area contributed by atoms with E-state index in [2.05, 4.69) is 36.8 Å². The summed E-state index contributed by atoms with van der Waals surface area (Å²) in [5.41, 5.74) is 6.51. The van der Waals surface area contributed by atoms with Gasteiger partial charge in [-0.1, -0.05) is 0 Å². The van der Waals surface area contributed by atoms with E-state index in [9.17, 15) is 0 Å². The Kier molecular flexibility index (Phi) is 4.79. The van der Waals surface area contributed by atoms with Crippen molar-refractivity contribution in [2.75, 3.05) is 7.11 Å². The number of pyridine rings is 1. The van der Waals surface area contributed by atoms with Gasteiger partial charge in [0.2, 0.25) is 5.88 Å². The van der Waals surface area contributed by atoms with Crippen LogP contribution in [-0.4, -0.2) is 12.1 Å². The summed E-state index contributed by atoms with van der Waals surface area (Å²) in [6.07, 6.45) is 1.67. The molecule has 0 radical (unpaired) electrons. The molecule has 0 fully saturated rings. The van der Waals surface area contributed by atoms with Crippen LogP contribution in [0.5, 0.6) is 17.4 Å². The van der Waals surface area contributed by atoms with Crippen LogP contribution in [0, 0.1) is 0 Å². The summed E-state index contributed by atoms with van der Waals surface area (Å²) in [5, 5.41) is 0. The average Bonchev–Trinajstić information content (AvgIpc) is 2.42. The molecule has 1 aromatic heterocycles. The Labute approximate surface area is 128 Å². The van der Waals surface area contributed by atoms with Crippen LogP contribution in [0.25, 0.3) is 0 Å². The molecule has 0 saturated carbocycles. The van der Waals surface area contributed by atoms with Crippen LogP contribution in [0.15, 0.2) is 39.4 Å². The summed E-state index contributed by atoms with van der Waals surface area (Å²) in [7, 11) is 1.62. The number of methoxy groups -OCH3 is 1. The van der Waals surface area contributed by atoms with E-state index >= 15 is 0 Å². The Morgan fingerprint density at radius 3 is 2.68 bits per heavy atom. The number of nitrogens with two attached hydrogens (primary N) is 1. The first-order chi connectivity index (χ1) is 9.13. The van der Waals surface area contributed by atoms with Crippen molar-refractivity contribution >= 4 is 31.9 Å². The molecular formula is C13H12Br2N2O2. The van der Waals surface area contributed by atoms with E-state index in [-0.39, 0.29) is 0 Å². The zero-order valence-corrected chi connectivity index (χ0v) is 13.4. The maximum atomic E-state index is 5.77. The first-order valence-corrected chi connectivity index (χ1v) is 7.08. The van der Waals surface area contributed by atoms with Crippen molar-refractivity contribution in [2.24, 2.45) is 5.73 Å². The highest BCUT2D eigenvalue weighted by Gasteiger charge is 2.09. The van der Waals surface area contributed by atoms with E-state index in [1.165, 1.54) is 0 Å². The smallest absolute Gasteiger partial charge is 0.223 e. The van der Waals surface area contributed by atoms with E-state index in [1.807, 2.05) is 24.3 Å². The second-order valence-electron chi connectivity index (χ2n) is 3.72. The molecule has 2 aromatic rings. The molecule has 1 heterocycles. The van der Waals surface area contributed by atoms with Gasteiger partial charge in [-0.25, -0.2) is 4.98 Å². The molecule has 2 N–H and O–H groups in total. The number of ether oxygens (including phenoxy) is 2. The van der Waals surface area contributed by atoms with Crippen LogP contribution in [0.1, 0.15) is 5.56 Å². The maximum absolute atomic E-state index is 5.77. The van der Waals surface area contributed by atoms with Crippen molar-refractivity contribution < 1.29 is 9.47 Å². The lowest BCUT2D eigenvalue weighted by Crippen LogP contribution is -2.01. The zero-order valence-electron chi connectivity index (χ0n) is 10.2. The second-order valence-corrected chi connectivity index (χ2v) is 5.49. The molecule has 2 rings (SSSR count). The molecule has 1 aromatic carbocycles. The highest BCUT2D eigenvalue weighted by molar-refractivity contribution is 9.10. The minimum atomic E-state index is 0.357. The van der Waals surface area contributed by atoms with E-state index < -0.39 is 0 Å². The first-order valence-electron chi connectivity index (χ1n) is 5.50. The number of aromatic nitrogens is 1. The van der Waals surface area contributed by atoms with Crippen molar-refractivity contribution in [3.8, 4) is 17.4 Å². The molecule has 0 saturated heterocycles. The Balaban J connectivity index is 2.31. The normalized spacial score (nSPS) is 10.3. The zero-order chi connectivity index (χ0) is 13.8. The van der Waals surface area contributed by atoms with Gasteiger partial charge < -0.3 is 15.2 Å². The molecule has 4 nitrogen and oxygen atoms in total. The number of benzene rings is 1. The molecular weight excluding hydrogens is 376 g/mol. The lowest BCUT2D eigenvalue weighted by molar-refractivity contribution is 0.411. The number of halogens is 2. The van der Waals surface area contributed by atoms with Gasteiger partial charge in [-0.3, -0.25) is 0 Å². The fraction of sp³-hybridized carbons (Fsp3) is 0.154. The van der Waals surface area contributed by atoms with Gasteiger partial charge in [-0.05, 0) is 56.1 Å². The summed E-state index contributed by atoms with van der Waals surface area (Å²) >= 11 is 6.79. The number of hydrogen-bond acceptors (Lipinski definition) is 4. The van der Waals surface area contributed by atoms with Crippen molar-refractivity contribution in [1.82, 2.24) is 4.98 Å². The van der Waals surface area contributed by atoms with Crippen LogP contribution in [0.2, 0.25) is 0 Å². The molecule has 0 atom stereocenters. The SMILES string of the molecule is COc1ccc(Oc2ncc(Br)cc2CN)c(Br)c1. The van der Waals surface area contributed by atoms with Crippen molar-refractivity contribution in [3.05, 3.63) is 45.0 Å². The van der Waals surface area contributed by atoms with Crippen LogP contribution >= 0.6 is 31.9 Å². The summed E-state index contributed by atoms with van der Waals surface area (Å²) in [5.74, 6) is 1.91. The van der Waals surface area contributed by atoms with Gasteiger partial charge >= 0.3 is 0 Å². The summed E-state index contributed by atoms with van der Waals surface area (Å²) in [4.78, 5) is 4.23. The van der Waals surface area contributed by atoms with E-state index in [4.69, 9.17) is 15.2 Å². The molecule has 0 amide bonds. The van der Waals surface area contributed by atoms with Crippen molar-refractivity contribution in [3.63, 3.8) is 0 Å². The molecule has 0 unspecified atom stereocenters. The monoisotopic (exact) mass is 386 g/mol. The fourth-order valence-corrected chi connectivity index (χ4v) is 2.32. The molecule has 0 aliphatic carbocycles. The average molecular weight is 388 g/mol. The van der Waals surface area contributed by atoms with Gasteiger partial charge in [0.1, 0.15) is 11.5 Å². The highest BCUT2D eigenvalue weighted by Crippen LogP contribution is 2.33. The van der Waals surface area contributed by atoms with Gasteiger partial charge in [0.25, 0.3) is 0 Å². The van der Waals surface area contributed by atoms with Gasteiger partial charge in [0.05, 0.1) is 11.6 Å². The van der Waals surface area contributed by atoms with E-state index in [1.54, 1.807) is 13.3 Å². The van der Waals surface area contributed by atoms with Gasteiger partial charge in [-0.2, -0.15) is 0 Å². The minimum absolute atomic E-state index is 0.357. The third-order valence-electron chi connectivity index (χ3n) is 2.46. The Bertz CT molecular complexity index is 591. The van der Waals surface area contributed by atoms with Crippen LogP contribution in [-0.2, 0) is 6.54 Å². The molecule has 0 spiro atoms. The maximum Gasteiger partial charge on any atom is 0.223 e. The predicted molar refractivity (Wildman–Crippen MR) is 80.6 cm³/mol. The number of rotatable bonds is 4. The molecule has 0 bridgehead atoms. The van der Waals surface area contributed by atoms with Crippen molar-refractivity contribution in [1.29, 1.82) is 0 Å². The number of nitrogens with zero attached hydrogens (tertiary/aromatic N) is 1. The van der Waals surface area contributed by atoms with Gasteiger partial charge in [0.15, 0.2) is 0 Å². The van der Waals surface area contributed by atoms with Crippen molar-refractivity contribution in [2.45, 2.75) is 6.54 Å². The Morgan fingerprint density at radius 1 is 1.26 bits per heavy atom. The van der Waals surface area contributed by atoms with Gasteiger partial charge in [-0.15, -0.1) is 0 Å². The predicted octanol–water partition coefficient (Wildman–Crippen LogP) is 3.87. The largest absolute Gasteiger partial charge is 0.497 e. The Morgan fingerprint density at radius 2 is 2.05 bits per heavy atom. The van der Waals surface area contributed by atoms with Crippen LogP contribution in [0.3, 0.4) is 0 Å². The fourth-order valence-electron chi connectivity index (χ4n) is 1.50. The quantitative estimate of drug-likeness (QED) is 0.865. The molecule has 19 heavy (non-hydrogen) atoms. The standard InChI is InChI=1S/C13H12Br2N2O2/c1-18-10-2-3-12(11(15)5-10)19-13-8(6-16)4-9(14)7-17-13/h2-5,7H,6,16H2,1H3. The van der Waals surface area contributed by atoms with Gasteiger partial charge in [0, 0.05) is 22.8 Å². The lowest BCUT2D eigenvalue weighted by Gasteiger charge is -2.11. The van der Waals surface area contributed by atoms with Crippen LogP contribution < -0.4 is 15.2 Å². The van der Waals surface area contributed by atoms with E-state index in [0.29, 0.717) is 18.2 Å². The summed E-state index contributed by atoms with van der Waals surface area (Å²) < 4.78 is 12.6. The molecule has 100 valence electrons.